The number of fused-ring (bicyclic) bond motifs is 1. The van der Waals surface area contributed by atoms with Crippen molar-refractivity contribution in [2.45, 2.75) is 13.3 Å². The molecule has 1 aliphatic heterocycles. The molecule has 4 rings (SSSR count). The van der Waals surface area contributed by atoms with Gasteiger partial charge < -0.3 is 10.2 Å². The van der Waals surface area contributed by atoms with Crippen LogP contribution in [0.5, 0.6) is 0 Å². The van der Waals surface area contributed by atoms with Gasteiger partial charge in [0.05, 0.1) is 11.9 Å². The monoisotopic (exact) mass is 329 g/mol. The van der Waals surface area contributed by atoms with E-state index in [2.05, 4.69) is 33.4 Å². The zero-order valence-corrected chi connectivity index (χ0v) is 14.1. The van der Waals surface area contributed by atoms with Crippen molar-refractivity contribution in [1.29, 1.82) is 0 Å². The third-order valence-corrected chi connectivity index (χ3v) is 4.45. The number of nitrogens with zero attached hydrogens (tertiary/aromatic N) is 2. The highest BCUT2D eigenvalue weighted by Crippen LogP contribution is 2.33. The second-order valence-corrected chi connectivity index (χ2v) is 6.26. The first kappa shape index (κ1) is 15.4. The second-order valence-electron chi connectivity index (χ2n) is 6.26. The summed E-state index contributed by atoms with van der Waals surface area (Å²) in [5.74, 6) is 0.781. The average Bonchev–Trinajstić information content (AvgIpc) is 3.06. The summed E-state index contributed by atoms with van der Waals surface area (Å²) < 4.78 is 0. The molecule has 2 aromatic carbocycles. The summed E-state index contributed by atoms with van der Waals surface area (Å²) in [6.07, 6.45) is 2.74. The van der Waals surface area contributed by atoms with E-state index >= 15 is 0 Å². The molecule has 0 spiro atoms. The van der Waals surface area contributed by atoms with Gasteiger partial charge in [-0.3, -0.25) is 4.79 Å². The van der Waals surface area contributed by atoms with E-state index in [1.807, 2.05) is 49.4 Å². The molecule has 3 aromatic rings. The fourth-order valence-electron chi connectivity index (χ4n) is 3.19. The Hall–Kier alpha value is -3.14. The summed E-state index contributed by atoms with van der Waals surface area (Å²) in [6, 6.07) is 19.8. The Balaban J connectivity index is 1.50. The van der Waals surface area contributed by atoms with Crippen molar-refractivity contribution in [1.82, 2.24) is 4.98 Å². The van der Waals surface area contributed by atoms with Crippen molar-refractivity contribution in [3.63, 3.8) is 0 Å². The van der Waals surface area contributed by atoms with Gasteiger partial charge in [0, 0.05) is 17.8 Å². The lowest BCUT2D eigenvalue weighted by Crippen LogP contribution is -2.15. The van der Waals surface area contributed by atoms with E-state index in [9.17, 15) is 4.79 Å². The molecule has 0 saturated heterocycles. The predicted octanol–water partition coefficient (Wildman–Crippen LogP) is 4.34. The first-order valence-electron chi connectivity index (χ1n) is 8.40. The normalized spacial score (nSPS) is 12.8. The maximum Gasteiger partial charge on any atom is 0.255 e. The molecule has 0 bridgehead atoms. The first-order chi connectivity index (χ1) is 12.2. The molecule has 0 radical (unpaired) electrons. The van der Waals surface area contributed by atoms with Gasteiger partial charge in [0.25, 0.3) is 5.91 Å². The van der Waals surface area contributed by atoms with Crippen LogP contribution in [0, 0.1) is 6.92 Å². The van der Waals surface area contributed by atoms with Crippen LogP contribution in [0.3, 0.4) is 0 Å². The number of aryl methyl sites for hydroxylation is 1. The van der Waals surface area contributed by atoms with Crippen LogP contribution >= 0.6 is 0 Å². The molecule has 4 heteroatoms. The summed E-state index contributed by atoms with van der Waals surface area (Å²) in [4.78, 5) is 19.1. The largest absolute Gasteiger partial charge is 0.326 e. The Kier molecular flexibility index (Phi) is 3.94. The molecule has 0 unspecified atom stereocenters. The summed E-state index contributed by atoms with van der Waals surface area (Å²) >= 11 is 0. The Morgan fingerprint density at radius 2 is 1.96 bits per heavy atom. The molecule has 0 saturated carbocycles. The quantitative estimate of drug-likeness (QED) is 0.777. The molecule has 4 nitrogen and oxygen atoms in total. The van der Waals surface area contributed by atoms with Gasteiger partial charge in [0.2, 0.25) is 0 Å². The SMILES string of the molecule is Cc1cccc(C(=O)Nc2ccc(N3CCc4ccccc43)nc2)c1. The van der Waals surface area contributed by atoms with Crippen LogP contribution in [-0.4, -0.2) is 17.4 Å². The van der Waals surface area contributed by atoms with Gasteiger partial charge >= 0.3 is 0 Å². The maximum atomic E-state index is 12.3. The topological polar surface area (TPSA) is 45.2 Å². The van der Waals surface area contributed by atoms with Gasteiger partial charge in [-0.1, -0.05) is 35.9 Å². The number of pyridine rings is 1. The van der Waals surface area contributed by atoms with Crippen LogP contribution in [0.25, 0.3) is 0 Å². The number of aromatic nitrogens is 1. The zero-order valence-electron chi connectivity index (χ0n) is 14.1. The molecule has 2 heterocycles. The summed E-state index contributed by atoms with van der Waals surface area (Å²) in [7, 11) is 0. The van der Waals surface area contributed by atoms with Crippen molar-refractivity contribution < 1.29 is 4.79 Å². The van der Waals surface area contributed by atoms with Gasteiger partial charge in [0.1, 0.15) is 5.82 Å². The van der Waals surface area contributed by atoms with Crippen molar-refractivity contribution in [3.8, 4) is 0 Å². The minimum absolute atomic E-state index is 0.121. The smallest absolute Gasteiger partial charge is 0.255 e. The zero-order chi connectivity index (χ0) is 17.2. The average molecular weight is 329 g/mol. The van der Waals surface area contributed by atoms with Gasteiger partial charge in [-0.15, -0.1) is 0 Å². The van der Waals surface area contributed by atoms with E-state index in [0.717, 1.165) is 24.3 Å². The number of carbonyl (C=O) groups is 1. The highest BCUT2D eigenvalue weighted by molar-refractivity contribution is 6.04. The molecule has 25 heavy (non-hydrogen) atoms. The minimum atomic E-state index is -0.121. The van der Waals surface area contributed by atoms with Crippen LogP contribution in [0.15, 0.2) is 66.9 Å². The van der Waals surface area contributed by atoms with Gasteiger partial charge in [0.15, 0.2) is 0 Å². The molecular formula is C21H19N3O. The van der Waals surface area contributed by atoms with Gasteiger partial charge in [-0.05, 0) is 49.2 Å². The molecule has 124 valence electrons. The molecule has 0 atom stereocenters. The van der Waals surface area contributed by atoms with Crippen LogP contribution in [0.2, 0.25) is 0 Å². The summed E-state index contributed by atoms with van der Waals surface area (Å²) in [5.41, 5.74) is 4.97. The standard InChI is InChI=1S/C21H19N3O/c1-15-5-4-7-17(13-15)21(25)23-18-9-10-20(22-14-18)24-12-11-16-6-2-3-8-19(16)24/h2-10,13-14H,11-12H2,1H3,(H,23,25). The molecular weight excluding hydrogens is 310 g/mol. The number of nitrogens with one attached hydrogen (secondary N) is 1. The van der Waals surface area contributed by atoms with Crippen molar-refractivity contribution in [2.24, 2.45) is 0 Å². The lowest BCUT2D eigenvalue weighted by atomic mass is 10.1. The number of para-hydroxylation sites is 1. The number of anilines is 3. The first-order valence-corrected chi connectivity index (χ1v) is 8.40. The highest BCUT2D eigenvalue weighted by Gasteiger charge is 2.20. The fourth-order valence-corrected chi connectivity index (χ4v) is 3.19. The van der Waals surface area contributed by atoms with Crippen LogP contribution in [0.1, 0.15) is 21.5 Å². The molecule has 1 aliphatic rings. The van der Waals surface area contributed by atoms with E-state index < -0.39 is 0 Å². The number of hydrogen-bond acceptors (Lipinski definition) is 3. The summed E-state index contributed by atoms with van der Waals surface area (Å²) in [5, 5.41) is 2.90. The van der Waals surface area contributed by atoms with Crippen LogP contribution in [0.4, 0.5) is 17.2 Å². The number of benzene rings is 2. The Bertz CT molecular complexity index is 918. The Morgan fingerprint density at radius 1 is 1.08 bits per heavy atom. The minimum Gasteiger partial charge on any atom is -0.326 e. The Labute approximate surface area is 147 Å². The number of rotatable bonds is 3. The van der Waals surface area contributed by atoms with Gasteiger partial charge in [-0.25, -0.2) is 4.98 Å². The van der Waals surface area contributed by atoms with E-state index in [-0.39, 0.29) is 5.91 Å². The van der Waals surface area contributed by atoms with Crippen molar-refractivity contribution >= 4 is 23.1 Å². The number of hydrogen-bond donors (Lipinski definition) is 1. The Morgan fingerprint density at radius 3 is 2.76 bits per heavy atom. The highest BCUT2D eigenvalue weighted by atomic mass is 16.1. The number of amides is 1. The molecule has 0 fully saturated rings. The van der Waals surface area contributed by atoms with E-state index in [1.54, 1.807) is 6.20 Å². The lowest BCUT2D eigenvalue weighted by Gasteiger charge is -2.18. The van der Waals surface area contributed by atoms with Crippen LogP contribution in [-0.2, 0) is 6.42 Å². The lowest BCUT2D eigenvalue weighted by molar-refractivity contribution is 0.102. The molecule has 0 aliphatic carbocycles. The van der Waals surface area contributed by atoms with E-state index in [1.165, 1.54) is 11.3 Å². The number of carbonyl (C=O) groups excluding carboxylic acids is 1. The van der Waals surface area contributed by atoms with Crippen molar-refractivity contribution in [2.75, 3.05) is 16.8 Å². The molecule has 1 aromatic heterocycles. The molecule has 1 amide bonds. The van der Waals surface area contributed by atoms with Gasteiger partial charge in [-0.2, -0.15) is 0 Å². The third-order valence-electron chi connectivity index (χ3n) is 4.45. The predicted molar refractivity (Wildman–Crippen MR) is 101 cm³/mol. The third kappa shape index (κ3) is 3.11. The van der Waals surface area contributed by atoms with E-state index in [0.29, 0.717) is 11.3 Å². The molecule has 1 N–H and O–H groups in total. The van der Waals surface area contributed by atoms with E-state index in [4.69, 9.17) is 0 Å². The van der Waals surface area contributed by atoms with Crippen molar-refractivity contribution in [3.05, 3.63) is 83.6 Å². The summed E-state index contributed by atoms with van der Waals surface area (Å²) in [6.45, 7) is 2.91. The second kappa shape index (κ2) is 6.40. The maximum absolute atomic E-state index is 12.3. The van der Waals surface area contributed by atoms with Crippen LogP contribution < -0.4 is 10.2 Å². The fraction of sp³-hybridized carbons (Fsp3) is 0.143.